The normalized spacial score (nSPS) is 24.3. The third-order valence-corrected chi connectivity index (χ3v) is 3.97. The fourth-order valence-electron chi connectivity index (χ4n) is 2.75. The summed E-state index contributed by atoms with van der Waals surface area (Å²) >= 11 is 0. The summed E-state index contributed by atoms with van der Waals surface area (Å²) < 4.78 is 0. The third kappa shape index (κ3) is 1.69. The maximum absolute atomic E-state index is 10.1. The van der Waals surface area contributed by atoms with Gasteiger partial charge < -0.3 is 5.11 Å². The van der Waals surface area contributed by atoms with Crippen LogP contribution in [0.3, 0.4) is 0 Å². The Labute approximate surface area is 91.1 Å². The van der Waals surface area contributed by atoms with Crippen LogP contribution in [0, 0.1) is 0 Å². The number of hydrogen-bond acceptors (Lipinski definition) is 1. The molecule has 0 aliphatic heterocycles. The molecule has 0 radical (unpaired) electrons. The van der Waals surface area contributed by atoms with E-state index >= 15 is 0 Å². The summed E-state index contributed by atoms with van der Waals surface area (Å²) in [6.45, 7) is 0. The highest BCUT2D eigenvalue weighted by molar-refractivity contribution is 5.33. The summed E-state index contributed by atoms with van der Waals surface area (Å²) in [5, 5.41) is 10.1. The first-order valence-electron chi connectivity index (χ1n) is 6.11. The van der Waals surface area contributed by atoms with E-state index < -0.39 is 5.60 Å². The van der Waals surface area contributed by atoms with Gasteiger partial charge in [-0.1, -0.05) is 37.1 Å². The fraction of sp³-hybridized carbons (Fsp3) is 0.571. The van der Waals surface area contributed by atoms with E-state index in [1.165, 1.54) is 31.2 Å². The highest BCUT2D eigenvalue weighted by atomic mass is 16.3. The van der Waals surface area contributed by atoms with Gasteiger partial charge in [0, 0.05) is 0 Å². The number of hydrogen-bond donors (Lipinski definition) is 1. The summed E-state index contributed by atoms with van der Waals surface area (Å²) in [6.07, 6.45) is 7.31. The van der Waals surface area contributed by atoms with E-state index in [1.807, 2.05) is 0 Å². The molecule has 1 aromatic rings. The van der Waals surface area contributed by atoms with Crippen molar-refractivity contribution in [3.8, 4) is 0 Å². The minimum atomic E-state index is -0.464. The molecule has 1 N–H and O–H groups in total. The van der Waals surface area contributed by atoms with Crippen LogP contribution in [0.15, 0.2) is 24.3 Å². The Morgan fingerprint density at radius 1 is 1.13 bits per heavy atom. The second-order valence-electron chi connectivity index (χ2n) is 5.14. The van der Waals surface area contributed by atoms with Crippen LogP contribution in [0.2, 0.25) is 0 Å². The second-order valence-corrected chi connectivity index (χ2v) is 5.14. The molecular weight excluding hydrogens is 184 g/mol. The molecule has 2 aliphatic carbocycles. The first kappa shape index (κ1) is 9.41. The second kappa shape index (κ2) is 3.34. The summed E-state index contributed by atoms with van der Waals surface area (Å²) in [4.78, 5) is 0. The number of benzene rings is 1. The fourth-order valence-corrected chi connectivity index (χ4v) is 2.75. The van der Waals surface area contributed by atoms with Gasteiger partial charge in [-0.15, -0.1) is 0 Å². The molecule has 15 heavy (non-hydrogen) atoms. The van der Waals surface area contributed by atoms with E-state index in [-0.39, 0.29) is 0 Å². The van der Waals surface area contributed by atoms with Gasteiger partial charge in [-0.2, -0.15) is 0 Å². The largest absolute Gasteiger partial charge is 0.385 e. The molecule has 3 rings (SSSR count). The van der Waals surface area contributed by atoms with E-state index in [0.717, 1.165) is 24.3 Å². The van der Waals surface area contributed by atoms with E-state index in [9.17, 15) is 5.11 Å². The topological polar surface area (TPSA) is 20.2 Å². The molecule has 2 fully saturated rings. The van der Waals surface area contributed by atoms with Gasteiger partial charge in [0.25, 0.3) is 0 Å². The van der Waals surface area contributed by atoms with E-state index in [0.29, 0.717) is 0 Å². The molecule has 0 saturated heterocycles. The van der Waals surface area contributed by atoms with Crippen molar-refractivity contribution in [1.82, 2.24) is 0 Å². The molecule has 80 valence electrons. The Balaban J connectivity index is 1.89. The zero-order valence-electron chi connectivity index (χ0n) is 9.08. The first-order valence-corrected chi connectivity index (χ1v) is 6.11. The van der Waals surface area contributed by atoms with Crippen molar-refractivity contribution in [1.29, 1.82) is 0 Å². The highest BCUT2D eigenvalue weighted by Gasteiger charge is 2.42. The van der Waals surface area contributed by atoms with Crippen LogP contribution in [0.5, 0.6) is 0 Å². The molecule has 0 bridgehead atoms. The lowest BCUT2D eigenvalue weighted by Gasteiger charge is -2.13. The molecular formula is C14H18O. The lowest BCUT2D eigenvalue weighted by Crippen LogP contribution is -2.05. The Morgan fingerprint density at radius 3 is 2.53 bits per heavy atom. The minimum absolute atomic E-state index is 0.464. The van der Waals surface area contributed by atoms with Crippen molar-refractivity contribution in [3.63, 3.8) is 0 Å². The predicted molar refractivity (Wildman–Crippen MR) is 60.8 cm³/mol. The number of aliphatic hydroxyl groups is 1. The molecule has 2 aliphatic rings. The zero-order chi connectivity index (χ0) is 10.3. The van der Waals surface area contributed by atoms with Crippen molar-refractivity contribution < 1.29 is 5.11 Å². The van der Waals surface area contributed by atoms with Crippen molar-refractivity contribution in [2.45, 2.75) is 50.0 Å². The maximum atomic E-state index is 10.1. The first-order chi connectivity index (χ1) is 7.28. The van der Waals surface area contributed by atoms with Gasteiger partial charge in [0.15, 0.2) is 0 Å². The molecule has 1 heteroatoms. The summed E-state index contributed by atoms with van der Waals surface area (Å²) in [5.41, 5.74) is 2.13. The minimum Gasteiger partial charge on any atom is -0.385 e. The van der Waals surface area contributed by atoms with Gasteiger partial charge >= 0.3 is 0 Å². The molecule has 0 atom stereocenters. The van der Waals surface area contributed by atoms with Crippen molar-refractivity contribution in [2.24, 2.45) is 0 Å². The lowest BCUT2D eigenvalue weighted by atomic mass is 9.94. The molecule has 0 spiro atoms. The Bertz CT molecular complexity index is 359. The molecule has 0 heterocycles. The van der Waals surface area contributed by atoms with Crippen LogP contribution in [0.4, 0.5) is 0 Å². The predicted octanol–water partition coefficient (Wildman–Crippen LogP) is 3.33. The van der Waals surface area contributed by atoms with Crippen LogP contribution >= 0.6 is 0 Å². The van der Waals surface area contributed by atoms with Crippen LogP contribution in [0.25, 0.3) is 0 Å². The molecule has 0 amide bonds. The molecule has 1 nitrogen and oxygen atoms in total. The number of rotatable bonds is 2. The van der Waals surface area contributed by atoms with Gasteiger partial charge in [-0.05, 0) is 42.7 Å². The zero-order valence-corrected chi connectivity index (χ0v) is 9.08. The molecule has 0 unspecified atom stereocenters. The third-order valence-electron chi connectivity index (χ3n) is 3.97. The van der Waals surface area contributed by atoms with Crippen molar-refractivity contribution >= 4 is 0 Å². The van der Waals surface area contributed by atoms with Gasteiger partial charge in [0.05, 0.1) is 5.60 Å². The SMILES string of the molecule is OC1(c2cccc(C3CCCC3)c2)CC1. The van der Waals surface area contributed by atoms with Crippen LogP contribution < -0.4 is 0 Å². The molecule has 2 saturated carbocycles. The smallest absolute Gasteiger partial charge is 0.0899 e. The van der Waals surface area contributed by atoms with Crippen LogP contribution in [0.1, 0.15) is 55.6 Å². The van der Waals surface area contributed by atoms with Crippen molar-refractivity contribution in [3.05, 3.63) is 35.4 Å². The van der Waals surface area contributed by atoms with Crippen LogP contribution in [-0.4, -0.2) is 5.11 Å². The van der Waals surface area contributed by atoms with E-state index in [2.05, 4.69) is 24.3 Å². The maximum Gasteiger partial charge on any atom is 0.0899 e. The lowest BCUT2D eigenvalue weighted by molar-refractivity contribution is 0.151. The van der Waals surface area contributed by atoms with Crippen molar-refractivity contribution in [2.75, 3.05) is 0 Å². The molecule has 1 aromatic carbocycles. The summed E-state index contributed by atoms with van der Waals surface area (Å²) in [5.74, 6) is 0.757. The Hall–Kier alpha value is -0.820. The summed E-state index contributed by atoms with van der Waals surface area (Å²) in [7, 11) is 0. The summed E-state index contributed by atoms with van der Waals surface area (Å²) in [6, 6.07) is 8.65. The Kier molecular flexibility index (Phi) is 2.10. The van der Waals surface area contributed by atoms with Gasteiger partial charge in [-0.3, -0.25) is 0 Å². The quantitative estimate of drug-likeness (QED) is 0.780. The van der Waals surface area contributed by atoms with Gasteiger partial charge in [0.2, 0.25) is 0 Å². The monoisotopic (exact) mass is 202 g/mol. The average molecular weight is 202 g/mol. The standard InChI is InChI=1S/C14H18O/c15-14(8-9-14)13-7-3-6-12(10-13)11-4-1-2-5-11/h3,6-7,10-11,15H,1-2,4-5,8-9H2. The molecule has 0 aromatic heterocycles. The van der Waals surface area contributed by atoms with Gasteiger partial charge in [0.1, 0.15) is 0 Å². The Morgan fingerprint density at radius 2 is 1.87 bits per heavy atom. The average Bonchev–Trinajstić information content (AvgIpc) is 2.84. The van der Waals surface area contributed by atoms with Crippen LogP contribution in [-0.2, 0) is 5.60 Å². The van der Waals surface area contributed by atoms with E-state index in [4.69, 9.17) is 0 Å². The van der Waals surface area contributed by atoms with Gasteiger partial charge in [-0.25, -0.2) is 0 Å². The highest BCUT2D eigenvalue weighted by Crippen LogP contribution is 2.46. The van der Waals surface area contributed by atoms with E-state index in [1.54, 1.807) is 0 Å².